The minimum Gasteiger partial charge on any atom is -0.493 e. The van der Waals surface area contributed by atoms with Crippen LogP contribution < -0.4 is 9.47 Å². The smallest absolute Gasteiger partial charge is 0.409 e. The molecule has 1 fully saturated rings. The summed E-state index contributed by atoms with van der Waals surface area (Å²) in [5.41, 5.74) is 3.17. The summed E-state index contributed by atoms with van der Waals surface area (Å²) in [7, 11) is 3.02. The molecule has 1 saturated heterocycles. The Kier molecular flexibility index (Phi) is 5.84. The molecule has 1 amide bonds. The highest BCUT2D eigenvalue weighted by atomic mass is 16.5. The Labute approximate surface area is 183 Å². The summed E-state index contributed by atoms with van der Waals surface area (Å²) in [5, 5.41) is 10.6. The maximum absolute atomic E-state index is 12.2. The van der Waals surface area contributed by atoms with Crippen molar-refractivity contribution in [2.45, 2.75) is 44.8 Å². The molecule has 1 N–H and O–H groups in total. The average Bonchev–Trinajstić information content (AvgIpc) is 3.34. The average molecular weight is 426 g/mol. The first kappa shape index (κ1) is 21.5. The van der Waals surface area contributed by atoms with Gasteiger partial charge in [-0.05, 0) is 35.7 Å². The third-order valence-electron chi connectivity index (χ3n) is 7.02. The molecular formula is C25H31NO5. The van der Waals surface area contributed by atoms with Crippen molar-refractivity contribution in [3.63, 3.8) is 0 Å². The fourth-order valence-corrected chi connectivity index (χ4v) is 4.98. The fourth-order valence-electron chi connectivity index (χ4n) is 4.98. The van der Waals surface area contributed by atoms with E-state index in [1.807, 2.05) is 25.1 Å². The zero-order chi connectivity index (χ0) is 22.2. The van der Waals surface area contributed by atoms with Crippen LogP contribution in [0.25, 0.3) is 0 Å². The molecule has 31 heavy (non-hydrogen) atoms. The van der Waals surface area contributed by atoms with Gasteiger partial charge in [0, 0.05) is 37.3 Å². The van der Waals surface area contributed by atoms with Crippen LogP contribution in [0.5, 0.6) is 11.5 Å². The number of aliphatic hydroxyl groups is 1. The van der Waals surface area contributed by atoms with Gasteiger partial charge in [-0.15, -0.1) is 0 Å². The quantitative estimate of drug-likeness (QED) is 0.789. The first-order valence-electron chi connectivity index (χ1n) is 10.8. The first-order valence-corrected chi connectivity index (χ1v) is 10.8. The summed E-state index contributed by atoms with van der Waals surface area (Å²) in [5.74, 6) is 1.32. The van der Waals surface area contributed by atoms with Crippen molar-refractivity contribution in [3.8, 4) is 11.5 Å². The predicted octanol–water partition coefficient (Wildman–Crippen LogP) is 3.79. The lowest BCUT2D eigenvalue weighted by atomic mass is 9.72. The Morgan fingerprint density at radius 2 is 1.81 bits per heavy atom. The number of carbonyl (C=O) groups excluding carboxylic acids is 1. The molecule has 1 unspecified atom stereocenters. The van der Waals surface area contributed by atoms with E-state index in [2.05, 4.69) is 24.3 Å². The van der Waals surface area contributed by atoms with E-state index in [4.69, 9.17) is 14.2 Å². The molecule has 2 aromatic rings. The third-order valence-corrected chi connectivity index (χ3v) is 7.02. The largest absolute Gasteiger partial charge is 0.493 e. The number of aliphatic hydroxyl groups excluding tert-OH is 1. The maximum Gasteiger partial charge on any atom is 0.409 e. The van der Waals surface area contributed by atoms with Crippen molar-refractivity contribution in [1.82, 2.24) is 4.90 Å². The van der Waals surface area contributed by atoms with Gasteiger partial charge in [0.1, 0.15) is 6.10 Å². The highest BCUT2D eigenvalue weighted by Gasteiger charge is 2.48. The summed E-state index contributed by atoms with van der Waals surface area (Å²) in [6.45, 7) is 4.71. The Bertz CT molecular complexity index is 934. The highest BCUT2D eigenvalue weighted by molar-refractivity contribution is 5.68. The van der Waals surface area contributed by atoms with Crippen molar-refractivity contribution >= 4 is 6.09 Å². The molecule has 2 aliphatic rings. The standard InChI is InChI=1S/C25H31NO5/c1-16(27)25(2)15-26(24(28)30-4)14-21(25)19-9-10-22(29-3)23(13-19)31-20-11-17-7-5-6-8-18(17)12-20/h5-10,13,16,20-21,27H,11-12,14-15H2,1-4H3/t16-,21?,25+/m0/s1. The Hall–Kier alpha value is -2.73. The van der Waals surface area contributed by atoms with Gasteiger partial charge in [-0.3, -0.25) is 0 Å². The van der Waals surface area contributed by atoms with Crippen LogP contribution in [0.1, 0.15) is 36.5 Å². The summed E-state index contributed by atoms with van der Waals surface area (Å²) >= 11 is 0. The van der Waals surface area contributed by atoms with Crippen LogP contribution >= 0.6 is 0 Å². The van der Waals surface area contributed by atoms with Gasteiger partial charge >= 0.3 is 6.09 Å². The summed E-state index contributed by atoms with van der Waals surface area (Å²) < 4.78 is 16.9. The van der Waals surface area contributed by atoms with E-state index in [1.165, 1.54) is 18.2 Å². The molecule has 1 aliphatic carbocycles. The lowest BCUT2D eigenvalue weighted by molar-refractivity contribution is 0.0470. The number of amides is 1. The van der Waals surface area contributed by atoms with Crippen LogP contribution in [0.4, 0.5) is 4.79 Å². The van der Waals surface area contributed by atoms with Crippen molar-refractivity contribution in [3.05, 3.63) is 59.2 Å². The molecule has 0 radical (unpaired) electrons. The molecule has 6 nitrogen and oxygen atoms in total. The van der Waals surface area contributed by atoms with E-state index in [1.54, 1.807) is 18.9 Å². The molecule has 0 bridgehead atoms. The lowest BCUT2D eigenvalue weighted by Crippen LogP contribution is -2.38. The van der Waals surface area contributed by atoms with Crippen LogP contribution in [0.3, 0.4) is 0 Å². The van der Waals surface area contributed by atoms with E-state index in [0.29, 0.717) is 24.6 Å². The number of hydrogen-bond acceptors (Lipinski definition) is 5. The van der Waals surface area contributed by atoms with Gasteiger partial charge in [0.05, 0.1) is 20.3 Å². The van der Waals surface area contributed by atoms with Crippen molar-refractivity contribution in [2.24, 2.45) is 5.41 Å². The van der Waals surface area contributed by atoms with Crippen LogP contribution in [0, 0.1) is 5.41 Å². The number of rotatable bonds is 5. The number of ether oxygens (including phenoxy) is 3. The minimum absolute atomic E-state index is 0.0550. The summed E-state index contributed by atoms with van der Waals surface area (Å²) in [4.78, 5) is 13.8. The monoisotopic (exact) mass is 425 g/mol. The highest BCUT2D eigenvalue weighted by Crippen LogP contribution is 2.47. The van der Waals surface area contributed by atoms with Crippen molar-refractivity contribution < 1.29 is 24.1 Å². The zero-order valence-corrected chi connectivity index (χ0v) is 18.6. The first-order chi connectivity index (χ1) is 14.9. The van der Waals surface area contributed by atoms with Gasteiger partial charge in [0.25, 0.3) is 0 Å². The Morgan fingerprint density at radius 1 is 1.13 bits per heavy atom. The van der Waals surface area contributed by atoms with Crippen molar-refractivity contribution in [1.29, 1.82) is 0 Å². The molecule has 0 aromatic heterocycles. The van der Waals surface area contributed by atoms with Crippen molar-refractivity contribution in [2.75, 3.05) is 27.3 Å². The normalized spacial score (nSPS) is 24.0. The second-order valence-electron chi connectivity index (χ2n) is 8.91. The number of methoxy groups -OCH3 is 2. The second kappa shape index (κ2) is 8.42. The number of likely N-dealkylation sites (tertiary alicyclic amines) is 1. The molecule has 166 valence electrons. The lowest BCUT2D eigenvalue weighted by Gasteiger charge is -2.33. The van der Waals surface area contributed by atoms with Crippen LogP contribution in [0.15, 0.2) is 42.5 Å². The number of fused-ring (bicyclic) bond motifs is 1. The van der Waals surface area contributed by atoms with Gasteiger partial charge in [-0.2, -0.15) is 0 Å². The minimum atomic E-state index is -0.594. The fraction of sp³-hybridized carbons (Fsp3) is 0.480. The van der Waals surface area contributed by atoms with E-state index in [9.17, 15) is 9.90 Å². The molecule has 1 aliphatic heterocycles. The van der Waals surface area contributed by atoms with Gasteiger partial charge in [0.15, 0.2) is 11.5 Å². The molecule has 2 aromatic carbocycles. The molecule has 6 heteroatoms. The number of benzene rings is 2. The van der Waals surface area contributed by atoms with Gasteiger partial charge in [-0.25, -0.2) is 4.79 Å². The Morgan fingerprint density at radius 3 is 2.39 bits per heavy atom. The van der Waals surface area contributed by atoms with Crippen LogP contribution in [-0.4, -0.2) is 55.6 Å². The SMILES string of the molecule is COC(=O)N1CC(c2ccc(OC)c(OC3Cc4ccccc4C3)c2)[C@@](C)([C@H](C)O)C1. The van der Waals surface area contributed by atoms with Gasteiger partial charge in [0.2, 0.25) is 0 Å². The van der Waals surface area contributed by atoms with E-state index >= 15 is 0 Å². The Balaban J connectivity index is 1.61. The molecule has 0 spiro atoms. The maximum atomic E-state index is 12.2. The third kappa shape index (κ3) is 3.97. The molecule has 3 atom stereocenters. The predicted molar refractivity (Wildman–Crippen MR) is 118 cm³/mol. The second-order valence-corrected chi connectivity index (χ2v) is 8.91. The number of carbonyl (C=O) groups is 1. The summed E-state index contributed by atoms with van der Waals surface area (Å²) in [6, 6.07) is 14.4. The van der Waals surface area contributed by atoms with E-state index in [-0.39, 0.29) is 18.1 Å². The molecule has 4 rings (SSSR count). The zero-order valence-electron chi connectivity index (χ0n) is 18.6. The summed E-state index contributed by atoms with van der Waals surface area (Å²) in [6.07, 6.45) is 0.828. The number of nitrogens with zero attached hydrogens (tertiary/aromatic N) is 1. The van der Waals surface area contributed by atoms with E-state index < -0.39 is 11.5 Å². The molecule has 0 saturated carbocycles. The molecular weight excluding hydrogens is 394 g/mol. The van der Waals surface area contributed by atoms with Gasteiger partial charge < -0.3 is 24.2 Å². The topological polar surface area (TPSA) is 68.2 Å². The van der Waals surface area contributed by atoms with Crippen LogP contribution in [-0.2, 0) is 17.6 Å². The molecule has 1 heterocycles. The van der Waals surface area contributed by atoms with E-state index in [0.717, 1.165) is 18.4 Å². The van der Waals surface area contributed by atoms with Crippen LogP contribution in [0.2, 0.25) is 0 Å². The number of hydrogen-bond donors (Lipinski definition) is 1. The van der Waals surface area contributed by atoms with Gasteiger partial charge in [-0.1, -0.05) is 37.3 Å².